The van der Waals surface area contributed by atoms with Crippen LogP contribution in [-0.4, -0.2) is 9.55 Å². The molecule has 0 N–H and O–H groups in total. The maximum absolute atomic E-state index is 4.94. The minimum Gasteiger partial charge on any atom is -0.313 e. The molecule has 3 nitrogen and oxygen atoms in total. The van der Waals surface area contributed by atoms with Gasteiger partial charge in [-0.05, 0) is 36.0 Å². The first-order chi connectivity index (χ1) is 12.7. The zero-order valence-electron chi connectivity index (χ0n) is 15.4. The van der Waals surface area contributed by atoms with Gasteiger partial charge in [0.1, 0.15) is 0 Å². The average Bonchev–Trinajstić information content (AvgIpc) is 3.09. The van der Waals surface area contributed by atoms with Crippen LogP contribution < -0.4 is 4.80 Å². The van der Waals surface area contributed by atoms with Gasteiger partial charge in [-0.15, -0.1) is 11.3 Å². The molecule has 1 fully saturated rings. The predicted molar refractivity (Wildman–Crippen MR) is 108 cm³/mol. The molecule has 1 saturated carbocycles. The first kappa shape index (κ1) is 17.2. The van der Waals surface area contributed by atoms with Gasteiger partial charge in [-0.1, -0.05) is 57.0 Å². The Kier molecular flexibility index (Phi) is 5.02. The van der Waals surface area contributed by atoms with E-state index in [4.69, 9.17) is 4.99 Å². The zero-order valence-corrected chi connectivity index (χ0v) is 16.2. The topological polar surface area (TPSA) is 30.2 Å². The fourth-order valence-corrected chi connectivity index (χ4v) is 4.96. The Bertz CT molecular complexity index is 911. The van der Waals surface area contributed by atoms with Crippen molar-refractivity contribution in [1.29, 1.82) is 0 Å². The number of hydrogen-bond acceptors (Lipinski definition) is 3. The number of hydrogen-bond donors (Lipinski definition) is 0. The van der Waals surface area contributed by atoms with E-state index in [1.54, 1.807) is 17.5 Å². The van der Waals surface area contributed by atoms with Crippen LogP contribution in [0, 0.1) is 11.8 Å². The largest absolute Gasteiger partial charge is 0.313 e. The number of benzene rings is 1. The normalized spacial score (nSPS) is 23.9. The number of pyridine rings is 1. The minimum atomic E-state index is 0.496. The molecule has 0 amide bonds. The van der Waals surface area contributed by atoms with E-state index in [0.717, 1.165) is 16.4 Å². The molecule has 1 aliphatic carbocycles. The first-order valence-electron chi connectivity index (χ1n) is 9.44. The van der Waals surface area contributed by atoms with Gasteiger partial charge >= 0.3 is 0 Å². The van der Waals surface area contributed by atoms with E-state index in [0.29, 0.717) is 12.0 Å². The van der Waals surface area contributed by atoms with Crippen LogP contribution >= 0.6 is 11.3 Å². The van der Waals surface area contributed by atoms with E-state index >= 15 is 0 Å². The van der Waals surface area contributed by atoms with Gasteiger partial charge in [0.15, 0.2) is 4.80 Å². The smallest absolute Gasteiger partial charge is 0.190 e. The second kappa shape index (κ2) is 7.58. The second-order valence-corrected chi connectivity index (χ2v) is 8.13. The summed E-state index contributed by atoms with van der Waals surface area (Å²) in [6.07, 6.45) is 7.47. The Hall–Kier alpha value is -2.20. The molecule has 26 heavy (non-hydrogen) atoms. The quantitative estimate of drug-likeness (QED) is 0.575. The van der Waals surface area contributed by atoms with Gasteiger partial charge in [-0.2, -0.15) is 0 Å². The summed E-state index contributed by atoms with van der Waals surface area (Å²) in [6.45, 7) is 4.80. The highest BCUT2D eigenvalue weighted by Crippen LogP contribution is 2.39. The van der Waals surface area contributed by atoms with Gasteiger partial charge in [0.25, 0.3) is 0 Å². The van der Waals surface area contributed by atoms with E-state index in [-0.39, 0.29) is 0 Å². The van der Waals surface area contributed by atoms with Gasteiger partial charge in [-0.3, -0.25) is 4.98 Å². The Labute approximate surface area is 159 Å². The Morgan fingerprint density at radius 2 is 1.92 bits per heavy atom. The van der Waals surface area contributed by atoms with Crippen molar-refractivity contribution in [1.82, 2.24) is 9.55 Å². The van der Waals surface area contributed by atoms with Crippen molar-refractivity contribution in [2.75, 3.05) is 0 Å². The highest BCUT2D eigenvalue weighted by molar-refractivity contribution is 7.07. The van der Waals surface area contributed by atoms with Crippen molar-refractivity contribution >= 4 is 17.0 Å². The molecule has 134 valence electrons. The summed E-state index contributed by atoms with van der Waals surface area (Å²) in [4.78, 5) is 10.2. The average molecular weight is 364 g/mol. The maximum Gasteiger partial charge on any atom is 0.190 e. The van der Waals surface area contributed by atoms with Gasteiger partial charge in [0.05, 0.1) is 17.6 Å². The molecule has 0 radical (unpaired) electrons. The van der Waals surface area contributed by atoms with E-state index in [2.05, 4.69) is 59.1 Å². The van der Waals surface area contributed by atoms with Gasteiger partial charge < -0.3 is 4.57 Å². The molecule has 2 aromatic heterocycles. The molecule has 4 rings (SSSR count). The molecular weight excluding hydrogens is 338 g/mol. The molecule has 0 spiro atoms. The van der Waals surface area contributed by atoms with Crippen LogP contribution in [0.25, 0.3) is 11.3 Å². The van der Waals surface area contributed by atoms with Gasteiger partial charge in [-0.25, -0.2) is 4.99 Å². The molecular formula is C22H25N3S. The summed E-state index contributed by atoms with van der Waals surface area (Å²) in [6, 6.07) is 15.2. The van der Waals surface area contributed by atoms with Crippen molar-refractivity contribution in [3.8, 4) is 11.3 Å². The number of aromatic nitrogens is 2. The molecule has 0 aliphatic heterocycles. The van der Waals surface area contributed by atoms with Crippen molar-refractivity contribution in [2.24, 2.45) is 16.8 Å². The highest BCUT2D eigenvalue weighted by Gasteiger charge is 2.30. The van der Waals surface area contributed by atoms with Crippen LogP contribution in [0.3, 0.4) is 0 Å². The molecule has 0 bridgehead atoms. The van der Waals surface area contributed by atoms with E-state index in [1.165, 1.54) is 30.5 Å². The predicted octanol–water partition coefficient (Wildman–Crippen LogP) is 5.84. The van der Waals surface area contributed by atoms with Crippen LogP contribution in [-0.2, 0) is 0 Å². The standard InChI is InChI=1S/C22H25N3S/c1-16-8-6-12-20(17(16)2)25-21(18-9-4-3-5-10-18)15-26-22(25)24-19-11-7-13-23-14-19/h3-5,7,9-11,13-17,20H,6,8,12H2,1-2H3. The Balaban J connectivity index is 1.88. The van der Waals surface area contributed by atoms with Crippen molar-refractivity contribution < 1.29 is 0 Å². The zero-order chi connectivity index (χ0) is 17.9. The molecule has 4 heteroatoms. The lowest BCUT2D eigenvalue weighted by molar-refractivity contribution is 0.185. The minimum absolute atomic E-state index is 0.496. The summed E-state index contributed by atoms with van der Waals surface area (Å²) < 4.78 is 2.49. The third-order valence-electron chi connectivity index (χ3n) is 5.68. The van der Waals surface area contributed by atoms with Crippen LogP contribution in [0.1, 0.15) is 39.2 Å². The van der Waals surface area contributed by atoms with Crippen LogP contribution in [0.4, 0.5) is 5.69 Å². The lowest BCUT2D eigenvalue weighted by Gasteiger charge is -2.36. The van der Waals surface area contributed by atoms with Gasteiger partial charge in [0, 0.05) is 17.6 Å². The fraction of sp³-hybridized carbons (Fsp3) is 0.364. The molecule has 3 unspecified atom stereocenters. The molecule has 1 aliphatic rings. The lowest BCUT2D eigenvalue weighted by atomic mass is 9.78. The molecule has 3 aromatic rings. The second-order valence-electron chi connectivity index (χ2n) is 7.30. The van der Waals surface area contributed by atoms with Crippen molar-refractivity contribution in [3.05, 3.63) is 65.0 Å². The lowest BCUT2D eigenvalue weighted by Crippen LogP contribution is -2.32. The number of nitrogens with zero attached hydrogens (tertiary/aromatic N) is 3. The van der Waals surface area contributed by atoms with E-state index < -0.39 is 0 Å². The monoisotopic (exact) mass is 363 g/mol. The van der Waals surface area contributed by atoms with E-state index in [9.17, 15) is 0 Å². The summed E-state index contributed by atoms with van der Waals surface area (Å²) in [5, 5.41) is 2.26. The summed E-state index contributed by atoms with van der Waals surface area (Å²) in [5.74, 6) is 1.39. The third kappa shape index (κ3) is 3.38. The van der Waals surface area contributed by atoms with Gasteiger partial charge in [0.2, 0.25) is 0 Å². The van der Waals surface area contributed by atoms with Crippen LogP contribution in [0.15, 0.2) is 65.2 Å². The summed E-state index contributed by atoms with van der Waals surface area (Å²) in [5.41, 5.74) is 3.46. The summed E-state index contributed by atoms with van der Waals surface area (Å²) in [7, 11) is 0. The van der Waals surface area contributed by atoms with E-state index in [1.807, 2.05) is 18.3 Å². The van der Waals surface area contributed by atoms with Crippen molar-refractivity contribution in [3.63, 3.8) is 0 Å². The molecule has 1 aromatic carbocycles. The fourth-order valence-electron chi connectivity index (χ4n) is 3.99. The van der Waals surface area contributed by atoms with Crippen LogP contribution in [0.2, 0.25) is 0 Å². The Morgan fingerprint density at radius 1 is 1.08 bits per heavy atom. The molecule has 2 heterocycles. The van der Waals surface area contributed by atoms with Crippen LogP contribution in [0.5, 0.6) is 0 Å². The highest BCUT2D eigenvalue weighted by atomic mass is 32.1. The number of thiazole rings is 1. The maximum atomic E-state index is 4.94. The SMILES string of the molecule is CC1CCCC(n2c(-c3ccccc3)csc2=Nc2cccnc2)C1C. The van der Waals surface area contributed by atoms with Crippen molar-refractivity contribution in [2.45, 2.75) is 39.2 Å². The Morgan fingerprint density at radius 3 is 2.69 bits per heavy atom. The summed E-state index contributed by atoms with van der Waals surface area (Å²) >= 11 is 1.73. The molecule has 3 atom stereocenters. The number of rotatable bonds is 3. The first-order valence-corrected chi connectivity index (χ1v) is 10.3. The molecule has 0 saturated heterocycles. The third-order valence-corrected chi connectivity index (χ3v) is 6.52.